The fourth-order valence-corrected chi connectivity index (χ4v) is 2.77. The summed E-state index contributed by atoms with van der Waals surface area (Å²) in [6.45, 7) is 4.68. The summed E-state index contributed by atoms with van der Waals surface area (Å²) in [5, 5.41) is 14.2. The van der Waals surface area contributed by atoms with Crippen molar-refractivity contribution in [3.05, 3.63) is 62.2 Å². The van der Waals surface area contributed by atoms with Gasteiger partial charge in [-0.15, -0.1) is 0 Å². The minimum Gasteiger partial charge on any atom is -0.495 e. The van der Waals surface area contributed by atoms with Crippen LogP contribution in [0.1, 0.15) is 40.1 Å². The zero-order valence-electron chi connectivity index (χ0n) is 17.8. The van der Waals surface area contributed by atoms with E-state index in [9.17, 15) is 24.5 Å². The number of aryl methyl sites for hydroxylation is 1. The maximum atomic E-state index is 12.5. The first kappa shape index (κ1) is 24.6. The van der Waals surface area contributed by atoms with Crippen LogP contribution in [0.2, 0.25) is 5.02 Å². The quantitative estimate of drug-likeness (QED) is 0.353. The molecule has 0 saturated carbocycles. The summed E-state index contributed by atoms with van der Waals surface area (Å²) in [7, 11) is 1.41. The summed E-state index contributed by atoms with van der Waals surface area (Å²) >= 11 is 6.05. The summed E-state index contributed by atoms with van der Waals surface area (Å²) in [6, 6.07) is 6.16. The van der Waals surface area contributed by atoms with Gasteiger partial charge in [0, 0.05) is 23.2 Å². The molecule has 0 fully saturated rings. The average Bonchev–Trinajstić information content (AvgIpc) is 2.75. The molecule has 2 rings (SSSR count). The van der Waals surface area contributed by atoms with Crippen molar-refractivity contribution in [1.82, 2.24) is 0 Å². The third-order valence-corrected chi connectivity index (χ3v) is 4.67. The Balaban J connectivity index is 2.21. The van der Waals surface area contributed by atoms with Gasteiger partial charge in [0.25, 0.3) is 11.6 Å². The molecule has 0 aromatic heterocycles. The van der Waals surface area contributed by atoms with E-state index in [1.165, 1.54) is 20.1 Å². The number of rotatable bonds is 8. The Morgan fingerprint density at radius 3 is 2.31 bits per heavy atom. The monoisotopic (exact) mass is 464 g/mol. The van der Waals surface area contributed by atoms with E-state index >= 15 is 0 Å². The van der Waals surface area contributed by atoms with Crippen molar-refractivity contribution in [2.75, 3.05) is 19.0 Å². The van der Waals surface area contributed by atoms with Crippen LogP contribution in [-0.4, -0.2) is 42.6 Å². The van der Waals surface area contributed by atoms with Crippen molar-refractivity contribution in [2.24, 2.45) is 0 Å². The highest BCUT2D eigenvalue weighted by molar-refractivity contribution is 6.31. The number of esters is 2. The zero-order valence-corrected chi connectivity index (χ0v) is 18.5. The second-order valence-electron chi connectivity index (χ2n) is 6.58. The van der Waals surface area contributed by atoms with Crippen LogP contribution in [0.25, 0.3) is 0 Å². The molecule has 2 aromatic rings. The first-order chi connectivity index (χ1) is 15.1. The number of hydrogen-bond acceptors (Lipinski definition) is 8. The molecule has 32 heavy (non-hydrogen) atoms. The lowest BCUT2D eigenvalue weighted by Gasteiger charge is -2.16. The lowest BCUT2D eigenvalue weighted by atomic mass is 10.1. The molecule has 2 aromatic carbocycles. The number of amides is 1. The van der Waals surface area contributed by atoms with Gasteiger partial charge in [0.1, 0.15) is 5.75 Å². The van der Waals surface area contributed by atoms with E-state index in [4.69, 9.17) is 25.8 Å². The van der Waals surface area contributed by atoms with Crippen LogP contribution in [0.4, 0.5) is 11.4 Å². The minimum absolute atomic E-state index is 0.0478. The zero-order chi connectivity index (χ0) is 24.0. The van der Waals surface area contributed by atoms with E-state index < -0.39 is 34.6 Å². The third kappa shape index (κ3) is 5.94. The van der Waals surface area contributed by atoms with Gasteiger partial charge < -0.3 is 19.5 Å². The largest absolute Gasteiger partial charge is 0.495 e. The molecule has 0 bridgehead atoms. The van der Waals surface area contributed by atoms with Crippen LogP contribution in [0, 0.1) is 17.0 Å². The van der Waals surface area contributed by atoms with Crippen LogP contribution >= 0.6 is 11.6 Å². The Morgan fingerprint density at radius 1 is 1.12 bits per heavy atom. The fourth-order valence-electron chi connectivity index (χ4n) is 2.61. The lowest BCUT2D eigenvalue weighted by Crippen LogP contribution is -2.30. The number of anilines is 1. The first-order valence-electron chi connectivity index (χ1n) is 9.39. The molecule has 0 spiro atoms. The van der Waals surface area contributed by atoms with Gasteiger partial charge in [-0.2, -0.15) is 0 Å². The summed E-state index contributed by atoms with van der Waals surface area (Å²) < 4.78 is 15.1. The molecule has 11 heteroatoms. The molecule has 0 radical (unpaired) electrons. The molecule has 1 N–H and O–H groups in total. The van der Waals surface area contributed by atoms with Crippen LogP contribution < -0.4 is 10.1 Å². The van der Waals surface area contributed by atoms with Crippen molar-refractivity contribution < 1.29 is 33.5 Å². The Morgan fingerprint density at radius 2 is 1.75 bits per heavy atom. The van der Waals surface area contributed by atoms with E-state index in [0.29, 0.717) is 22.0 Å². The van der Waals surface area contributed by atoms with Gasteiger partial charge in [0.2, 0.25) is 0 Å². The second-order valence-corrected chi connectivity index (χ2v) is 6.99. The number of methoxy groups -OCH3 is 1. The Kier molecular flexibility index (Phi) is 8.14. The Labute approximate surface area is 188 Å². The standard InChI is InChI=1S/C21H21ClN2O8/c1-5-31-20(26)13-7-14(9-15(8-13)24(28)29)21(27)32-12(3)19(25)23-17-6-11(2)16(22)10-18(17)30-4/h6-10,12H,5H2,1-4H3,(H,23,25). The maximum Gasteiger partial charge on any atom is 0.339 e. The van der Waals surface area contributed by atoms with E-state index in [0.717, 1.165) is 18.2 Å². The summed E-state index contributed by atoms with van der Waals surface area (Å²) in [6.07, 6.45) is -1.27. The molecule has 0 aliphatic carbocycles. The summed E-state index contributed by atoms with van der Waals surface area (Å²) in [5.74, 6) is -2.22. The van der Waals surface area contributed by atoms with Gasteiger partial charge in [-0.3, -0.25) is 14.9 Å². The molecule has 1 unspecified atom stereocenters. The Bertz CT molecular complexity index is 1070. The molecule has 0 saturated heterocycles. The predicted molar refractivity (Wildman–Crippen MR) is 115 cm³/mol. The van der Waals surface area contributed by atoms with Crippen molar-refractivity contribution in [3.8, 4) is 5.75 Å². The van der Waals surface area contributed by atoms with Gasteiger partial charge in [-0.25, -0.2) is 9.59 Å². The molecule has 170 valence electrons. The number of nitrogens with one attached hydrogen (secondary N) is 1. The molecule has 1 amide bonds. The molecule has 0 aliphatic rings. The number of hydrogen-bond donors (Lipinski definition) is 1. The van der Waals surface area contributed by atoms with E-state index in [1.807, 2.05) is 0 Å². The molecular formula is C21H21ClN2O8. The fraction of sp³-hybridized carbons (Fsp3) is 0.286. The molecular weight excluding hydrogens is 444 g/mol. The highest BCUT2D eigenvalue weighted by atomic mass is 35.5. The number of halogens is 1. The van der Waals surface area contributed by atoms with Crippen LogP contribution in [-0.2, 0) is 14.3 Å². The SMILES string of the molecule is CCOC(=O)c1cc(C(=O)OC(C)C(=O)Nc2cc(C)c(Cl)cc2OC)cc([N+](=O)[O-])c1. The van der Waals surface area contributed by atoms with E-state index in [-0.39, 0.29) is 17.7 Å². The summed E-state index contributed by atoms with van der Waals surface area (Å²) in [5.41, 5.74) is 0.0482. The number of nitro groups is 1. The van der Waals surface area contributed by atoms with Crippen molar-refractivity contribution in [1.29, 1.82) is 0 Å². The van der Waals surface area contributed by atoms with Gasteiger partial charge in [-0.05, 0) is 38.5 Å². The highest BCUT2D eigenvalue weighted by Crippen LogP contribution is 2.31. The third-order valence-electron chi connectivity index (χ3n) is 4.27. The van der Waals surface area contributed by atoms with Crippen LogP contribution in [0.15, 0.2) is 30.3 Å². The van der Waals surface area contributed by atoms with Crippen LogP contribution in [0.5, 0.6) is 5.75 Å². The normalized spacial score (nSPS) is 11.3. The van der Waals surface area contributed by atoms with Crippen molar-refractivity contribution in [3.63, 3.8) is 0 Å². The van der Waals surface area contributed by atoms with Gasteiger partial charge >= 0.3 is 11.9 Å². The number of carbonyl (C=O) groups is 3. The van der Waals surface area contributed by atoms with Gasteiger partial charge in [0.05, 0.1) is 35.5 Å². The summed E-state index contributed by atoms with van der Waals surface area (Å²) in [4.78, 5) is 47.4. The highest BCUT2D eigenvalue weighted by Gasteiger charge is 2.24. The number of benzene rings is 2. The van der Waals surface area contributed by atoms with E-state index in [1.54, 1.807) is 19.9 Å². The molecule has 10 nitrogen and oxygen atoms in total. The van der Waals surface area contributed by atoms with Gasteiger partial charge in [-0.1, -0.05) is 11.6 Å². The van der Waals surface area contributed by atoms with E-state index in [2.05, 4.69) is 5.32 Å². The topological polar surface area (TPSA) is 134 Å². The smallest absolute Gasteiger partial charge is 0.339 e. The second kappa shape index (κ2) is 10.6. The Hall–Kier alpha value is -3.66. The average molecular weight is 465 g/mol. The lowest BCUT2D eigenvalue weighted by molar-refractivity contribution is -0.384. The number of nitro benzene ring substituents is 1. The van der Waals surface area contributed by atoms with Crippen molar-refractivity contribution in [2.45, 2.75) is 26.9 Å². The number of non-ortho nitro benzene ring substituents is 1. The molecule has 1 atom stereocenters. The minimum atomic E-state index is -1.27. The number of ether oxygens (including phenoxy) is 3. The first-order valence-corrected chi connectivity index (χ1v) is 9.77. The van der Waals surface area contributed by atoms with Crippen LogP contribution in [0.3, 0.4) is 0 Å². The molecule has 0 heterocycles. The number of nitrogens with zero attached hydrogens (tertiary/aromatic N) is 1. The van der Waals surface area contributed by atoms with Crippen molar-refractivity contribution >= 4 is 40.8 Å². The maximum absolute atomic E-state index is 12.5. The number of carbonyl (C=O) groups excluding carboxylic acids is 3. The molecule has 0 aliphatic heterocycles. The predicted octanol–water partition coefficient (Wildman–Crippen LogP) is 3.93. The van der Waals surface area contributed by atoms with Gasteiger partial charge in [0.15, 0.2) is 6.10 Å².